The van der Waals surface area contributed by atoms with Gasteiger partial charge in [-0.2, -0.15) is 5.26 Å². The van der Waals surface area contributed by atoms with Crippen LogP contribution in [0.2, 0.25) is 0 Å². The second-order valence-electron chi connectivity index (χ2n) is 4.21. The highest BCUT2D eigenvalue weighted by molar-refractivity contribution is 9.10. The van der Waals surface area contributed by atoms with Crippen LogP contribution in [0.5, 0.6) is 0 Å². The lowest BCUT2D eigenvalue weighted by Gasteiger charge is -2.20. The number of nitriles is 1. The van der Waals surface area contributed by atoms with Crippen LogP contribution in [-0.4, -0.2) is 16.4 Å². The Morgan fingerprint density at radius 1 is 1.42 bits per heavy atom. The Bertz CT molecular complexity index is 547. The molecule has 0 radical (unpaired) electrons. The van der Waals surface area contributed by atoms with E-state index in [0.29, 0.717) is 6.42 Å². The topological polar surface area (TPSA) is 39.9 Å². The van der Waals surface area contributed by atoms with Crippen molar-refractivity contribution in [2.45, 2.75) is 19.5 Å². The first-order chi connectivity index (χ1) is 9.28. The van der Waals surface area contributed by atoms with Crippen LogP contribution in [0, 0.1) is 11.3 Å². The molecule has 0 aliphatic heterocycles. The summed E-state index contributed by atoms with van der Waals surface area (Å²) in [5.41, 5.74) is 1.18. The van der Waals surface area contributed by atoms with Gasteiger partial charge in [0, 0.05) is 53.2 Å². The summed E-state index contributed by atoms with van der Waals surface area (Å²) in [5.74, 6) is 0. The second-order valence-corrected chi connectivity index (χ2v) is 6.12. The van der Waals surface area contributed by atoms with Crippen LogP contribution in [0.3, 0.4) is 0 Å². The van der Waals surface area contributed by atoms with E-state index in [-0.39, 0.29) is 0 Å². The van der Waals surface area contributed by atoms with Gasteiger partial charge in [0.2, 0.25) is 0 Å². The minimum atomic E-state index is 0.548. The lowest BCUT2D eigenvalue weighted by Crippen LogP contribution is -2.23. The maximum atomic E-state index is 8.76. The Balaban J connectivity index is 2.01. The standard InChI is InChI=1S/C14H14BrN3S/c15-13-7-14(19-11-13)10-18(6-2-4-16)9-12-3-1-5-17-8-12/h1,3,5,7-8,11H,2,6,9-10H2. The van der Waals surface area contributed by atoms with Gasteiger partial charge >= 0.3 is 0 Å². The molecule has 0 aromatic carbocycles. The number of thiophene rings is 1. The van der Waals surface area contributed by atoms with Gasteiger partial charge in [-0.3, -0.25) is 9.88 Å². The normalized spacial score (nSPS) is 10.6. The lowest BCUT2D eigenvalue weighted by molar-refractivity contribution is 0.265. The van der Waals surface area contributed by atoms with Crippen molar-refractivity contribution in [2.24, 2.45) is 0 Å². The minimum absolute atomic E-state index is 0.548. The largest absolute Gasteiger partial charge is 0.293 e. The summed E-state index contributed by atoms with van der Waals surface area (Å²) < 4.78 is 1.12. The third-order valence-electron chi connectivity index (χ3n) is 2.67. The molecule has 0 spiro atoms. The highest BCUT2D eigenvalue weighted by Crippen LogP contribution is 2.21. The SMILES string of the molecule is N#CCCN(Cc1cccnc1)Cc1cc(Br)cs1. The molecule has 0 N–H and O–H groups in total. The number of pyridine rings is 1. The van der Waals surface area contributed by atoms with Gasteiger partial charge in [0.25, 0.3) is 0 Å². The fraction of sp³-hybridized carbons (Fsp3) is 0.286. The number of halogens is 1. The first kappa shape index (κ1) is 14.2. The van der Waals surface area contributed by atoms with Gasteiger partial charge in [0.15, 0.2) is 0 Å². The fourth-order valence-electron chi connectivity index (χ4n) is 1.83. The summed E-state index contributed by atoms with van der Waals surface area (Å²) in [6.07, 6.45) is 4.20. The highest BCUT2D eigenvalue weighted by Gasteiger charge is 2.08. The van der Waals surface area contributed by atoms with E-state index in [0.717, 1.165) is 24.1 Å². The number of nitrogens with zero attached hydrogens (tertiary/aromatic N) is 3. The molecular formula is C14H14BrN3S. The molecule has 0 aliphatic rings. The maximum Gasteiger partial charge on any atom is 0.0635 e. The third kappa shape index (κ3) is 4.75. The molecule has 2 rings (SSSR count). The van der Waals surface area contributed by atoms with Crippen molar-refractivity contribution in [3.05, 3.63) is 50.9 Å². The van der Waals surface area contributed by atoms with Gasteiger partial charge in [-0.1, -0.05) is 6.07 Å². The maximum absolute atomic E-state index is 8.76. The Kier molecular flexibility index (Phi) is 5.52. The quantitative estimate of drug-likeness (QED) is 0.805. The van der Waals surface area contributed by atoms with E-state index in [9.17, 15) is 0 Å². The van der Waals surface area contributed by atoms with Crippen LogP contribution >= 0.6 is 27.3 Å². The first-order valence-corrected chi connectivity index (χ1v) is 7.66. The Morgan fingerprint density at radius 2 is 2.32 bits per heavy atom. The molecule has 0 aliphatic carbocycles. The summed E-state index contributed by atoms with van der Waals surface area (Å²) in [6.45, 7) is 2.47. The minimum Gasteiger partial charge on any atom is -0.293 e. The monoisotopic (exact) mass is 335 g/mol. The summed E-state index contributed by atoms with van der Waals surface area (Å²) in [4.78, 5) is 7.71. The van der Waals surface area contributed by atoms with Gasteiger partial charge in [-0.05, 0) is 33.6 Å². The number of hydrogen-bond acceptors (Lipinski definition) is 4. The molecule has 5 heteroatoms. The predicted octanol–water partition coefficient (Wildman–Crippen LogP) is 3.82. The predicted molar refractivity (Wildman–Crippen MR) is 80.6 cm³/mol. The van der Waals surface area contributed by atoms with Crippen molar-refractivity contribution in [3.8, 4) is 6.07 Å². The molecule has 2 aromatic rings. The molecule has 3 nitrogen and oxygen atoms in total. The van der Waals surface area contributed by atoms with Crippen LogP contribution in [0.15, 0.2) is 40.4 Å². The van der Waals surface area contributed by atoms with Gasteiger partial charge < -0.3 is 0 Å². The second kappa shape index (κ2) is 7.39. The summed E-state index contributed by atoms with van der Waals surface area (Å²) in [5, 5.41) is 10.8. The van der Waals surface area contributed by atoms with Crippen LogP contribution in [0.1, 0.15) is 16.9 Å². The first-order valence-electron chi connectivity index (χ1n) is 5.99. The molecule has 0 saturated carbocycles. The molecule has 2 heterocycles. The number of aromatic nitrogens is 1. The van der Waals surface area contributed by atoms with Crippen molar-refractivity contribution >= 4 is 27.3 Å². The van der Waals surface area contributed by atoms with E-state index in [1.54, 1.807) is 17.5 Å². The van der Waals surface area contributed by atoms with E-state index < -0.39 is 0 Å². The average Bonchev–Trinajstić information content (AvgIpc) is 2.82. The van der Waals surface area contributed by atoms with E-state index >= 15 is 0 Å². The van der Waals surface area contributed by atoms with Crippen LogP contribution in [-0.2, 0) is 13.1 Å². The van der Waals surface area contributed by atoms with Crippen LogP contribution < -0.4 is 0 Å². The van der Waals surface area contributed by atoms with Gasteiger partial charge in [-0.25, -0.2) is 0 Å². The molecule has 0 bridgehead atoms. The van der Waals surface area contributed by atoms with Crippen LogP contribution in [0.25, 0.3) is 0 Å². The zero-order chi connectivity index (χ0) is 13.5. The Morgan fingerprint density at radius 3 is 2.95 bits per heavy atom. The number of hydrogen-bond donors (Lipinski definition) is 0. The summed E-state index contributed by atoms with van der Waals surface area (Å²) in [6, 6.07) is 8.35. The van der Waals surface area contributed by atoms with Crippen molar-refractivity contribution in [1.82, 2.24) is 9.88 Å². The van der Waals surface area contributed by atoms with Crippen molar-refractivity contribution in [3.63, 3.8) is 0 Å². The zero-order valence-corrected chi connectivity index (χ0v) is 12.8. The smallest absolute Gasteiger partial charge is 0.0635 e. The van der Waals surface area contributed by atoms with Gasteiger partial charge in [-0.15, -0.1) is 11.3 Å². The van der Waals surface area contributed by atoms with E-state index in [1.165, 1.54) is 10.4 Å². The summed E-state index contributed by atoms with van der Waals surface area (Å²) in [7, 11) is 0. The average molecular weight is 336 g/mol. The van der Waals surface area contributed by atoms with E-state index in [1.807, 2.05) is 12.3 Å². The van der Waals surface area contributed by atoms with Crippen molar-refractivity contribution < 1.29 is 0 Å². The van der Waals surface area contributed by atoms with Crippen LogP contribution in [0.4, 0.5) is 0 Å². The Labute approximate surface area is 125 Å². The van der Waals surface area contributed by atoms with Gasteiger partial charge in [0.1, 0.15) is 0 Å². The molecule has 0 unspecified atom stereocenters. The lowest BCUT2D eigenvalue weighted by atomic mass is 10.2. The van der Waals surface area contributed by atoms with E-state index in [2.05, 4.69) is 49.4 Å². The van der Waals surface area contributed by atoms with E-state index in [4.69, 9.17) is 5.26 Å². The zero-order valence-electron chi connectivity index (χ0n) is 10.4. The molecule has 19 heavy (non-hydrogen) atoms. The summed E-state index contributed by atoms with van der Waals surface area (Å²) >= 11 is 5.21. The third-order valence-corrected chi connectivity index (χ3v) is 4.35. The van der Waals surface area contributed by atoms with Crippen molar-refractivity contribution in [1.29, 1.82) is 5.26 Å². The molecule has 2 aromatic heterocycles. The molecule has 0 amide bonds. The van der Waals surface area contributed by atoms with Gasteiger partial charge in [0.05, 0.1) is 6.07 Å². The molecular weight excluding hydrogens is 322 g/mol. The fourth-order valence-corrected chi connectivity index (χ4v) is 3.32. The molecule has 0 saturated heterocycles. The molecule has 98 valence electrons. The molecule has 0 fully saturated rings. The Hall–Kier alpha value is -1.22. The number of rotatable bonds is 6. The highest BCUT2D eigenvalue weighted by atomic mass is 79.9. The molecule has 0 atom stereocenters. The van der Waals surface area contributed by atoms with Crippen molar-refractivity contribution in [2.75, 3.05) is 6.54 Å².